The van der Waals surface area contributed by atoms with Crippen LogP contribution in [0.5, 0.6) is 0 Å². The van der Waals surface area contributed by atoms with Gasteiger partial charge in [-0.15, -0.1) is 0 Å². The molecule has 0 radical (unpaired) electrons. The monoisotopic (exact) mass is 385 g/mol. The van der Waals surface area contributed by atoms with E-state index >= 15 is 0 Å². The summed E-state index contributed by atoms with van der Waals surface area (Å²) in [4.78, 5) is 24.9. The molecule has 0 spiro atoms. The zero-order chi connectivity index (χ0) is 19.3. The molecule has 0 N–H and O–H groups in total. The Balaban J connectivity index is 1.39. The quantitative estimate of drug-likeness (QED) is 0.782. The molecule has 8 heteroatoms. The molecule has 2 aromatic heterocycles. The predicted octanol–water partition coefficient (Wildman–Crippen LogP) is 3.03. The fraction of sp³-hybridized carbons (Fsp3) is 0.600. The largest absolute Gasteiger partial charge is 0.446 e. The van der Waals surface area contributed by atoms with Crippen LogP contribution in [0.4, 0.5) is 4.79 Å². The molecule has 0 aromatic carbocycles. The molecule has 1 amide bonds. The zero-order valence-electron chi connectivity index (χ0n) is 16.2. The third-order valence-electron chi connectivity index (χ3n) is 5.91. The van der Waals surface area contributed by atoms with Gasteiger partial charge in [0.1, 0.15) is 12.1 Å². The number of piperidine rings is 1. The highest BCUT2D eigenvalue weighted by Crippen LogP contribution is 2.31. The molecule has 1 saturated heterocycles. The summed E-state index contributed by atoms with van der Waals surface area (Å²) in [5.74, 6) is 0.566. The molecule has 1 aliphatic carbocycles. The molecule has 3 heterocycles. The molecule has 1 unspecified atom stereocenters. The molecule has 8 nitrogen and oxygen atoms in total. The van der Waals surface area contributed by atoms with Gasteiger partial charge in [-0.05, 0) is 63.3 Å². The lowest BCUT2D eigenvalue weighted by Gasteiger charge is -2.39. The minimum absolute atomic E-state index is 0.112. The number of carbonyl (C=O) groups is 1. The normalized spacial score (nSPS) is 19.9. The van der Waals surface area contributed by atoms with E-state index in [2.05, 4.69) is 27.1 Å². The van der Waals surface area contributed by atoms with Crippen LogP contribution in [0.2, 0.25) is 0 Å². The minimum atomic E-state index is -0.157. The van der Waals surface area contributed by atoms with E-state index in [1.807, 2.05) is 17.0 Å². The fourth-order valence-electron chi connectivity index (χ4n) is 4.29. The van der Waals surface area contributed by atoms with E-state index in [9.17, 15) is 4.79 Å². The van der Waals surface area contributed by atoms with Gasteiger partial charge in [0, 0.05) is 31.5 Å². The number of rotatable bonds is 5. The minimum Gasteiger partial charge on any atom is -0.446 e. The molecule has 4 rings (SSSR count). The maximum absolute atomic E-state index is 12.4. The van der Waals surface area contributed by atoms with E-state index in [0.29, 0.717) is 25.0 Å². The Hall–Kier alpha value is -2.48. The van der Waals surface area contributed by atoms with Crippen molar-refractivity contribution in [3.63, 3.8) is 0 Å². The molecule has 0 bridgehead atoms. The summed E-state index contributed by atoms with van der Waals surface area (Å²) in [6, 6.07) is 4.12. The number of amides is 1. The first-order chi connectivity index (χ1) is 13.7. The topological polar surface area (TPSA) is 84.6 Å². The van der Waals surface area contributed by atoms with Gasteiger partial charge in [0.25, 0.3) is 0 Å². The predicted molar refractivity (Wildman–Crippen MR) is 101 cm³/mol. The van der Waals surface area contributed by atoms with Crippen LogP contribution in [0, 0.1) is 0 Å². The molecule has 2 fully saturated rings. The highest BCUT2D eigenvalue weighted by Gasteiger charge is 2.33. The molecule has 1 aliphatic heterocycles. The summed E-state index contributed by atoms with van der Waals surface area (Å²) in [5.41, 5.74) is 1.06. The Morgan fingerprint density at radius 2 is 1.93 bits per heavy atom. The lowest BCUT2D eigenvalue weighted by molar-refractivity contribution is 0.0447. The van der Waals surface area contributed by atoms with Crippen molar-refractivity contribution >= 4 is 6.09 Å². The van der Waals surface area contributed by atoms with Gasteiger partial charge in [0.15, 0.2) is 6.33 Å². The van der Waals surface area contributed by atoms with Gasteiger partial charge in [0.05, 0.1) is 0 Å². The van der Waals surface area contributed by atoms with Crippen molar-refractivity contribution in [2.45, 2.75) is 56.7 Å². The fourth-order valence-corrected chi connectivity index (χ4v) is 4.29. The Labute approximate surface area is 164 Å². The lowest BCUT2D eigenvalue weighted by Crippen LogP contribution is -2.47. The molecular formula is C20H27N5O3. The van der Waals surface area contributed by atoms with E-state index in [4.69, 9.17) is 9.26 Å². The second-order valence-corrected chi connectivity index (χ2v) is 7.64. The van der Waals surface area contributed by atoms with Gasteiger partial charge in [-0.2, -0.15) is 4.98 Å². The summed E-state index contributed by atoms with van der Waals surface area (Å²) >= 11 is 0. The standard InChI is InChI=1S/C20H27N5O3/c1-24(18(19-22-14-23-28-19)15-6-10-21-11-7-15)16-8-12-25(13-9-16)20(26)27-17-4-2-3-5-17/h6-7,10-11,14,16-18H,2-5,8-9,12-13H2,1H3. The average Bonchev–Trinajstić information content (AvgIpc) is 3.44. The highest BCUT2D eigenvalue weighted by molar-refractivity contribution is 5.68. The summed E-state index contributed by atoms with van der Waals surface area (Å²) in [7, 11) is 2.08. The third kappa shape index (κ3) is 4.16. The van der Waals surface area contributed by atoms with Crippen LogP contribution < -0.4 is 0 Å². The van der Waals surface area contributed by atoms with Crippen LogP contribution in [0.1, 0.15) is 56.0 Å². The van der Waals surface area contributed by atoms with E-state index in [1.165, 1.54) is 6.33 Å². The van der Waals surface area contributed by atoms with Crippen LogP contribution in [-0.4, -0.2) is 63.3 Å². The van der Waals surface area contributed by atoms with Crippen LogP contribution in [0.3, 0.4) is 0 Å². The van der Waals surface area contributed by atoms with Crippen molar-refractivity contribution in [3.8, 4) is 0 Å². The SMILES string of the molecule is CN(C1CCN(C(=O)OC2CCCC2)CC1)C(c1ccncc1)c1ncno1. The molecule has 2 aliphatic rings. The molecular weight excluding hydrogens is 358 g/mol. The third-order valence-corrected chi connectivity index (χ3v) is 5.91. The maximum Gasteiger partial charge on any atom is 0.410 e. The molecule has 1 atom stereocenters. The van der Waals surface area contributed by atoms with Gasteiger partial charge in [-0.3, -0.25) is 9.88 Å². The Kier molecular flexibility index (Phi) is 5.85. The first-order valence-electron chi connectivity index (χ1n) is 10.1. The van der Waals surface area contributed by atoms with Gasteiger partial charge in [-0.25, -0.2) is 4.79 Å². The summed E-state index contributed by atoms with van der Waals surface area (Å²) in [6.07, 6.45) is 11.0. The second kappa shape index (κ2) is 8.68. The van der Waals surface area contributed by atoms with Gasteiger partial charge >= 0.3 is 6.09 Å². The van der Waals surface area contributed by atoms with Gasteiger partial charge < -0.3 is 14.2 Å². The van der Waals surface area contributed by atoms with E-state index in [-0.39, 0.29) is 18.2 Å². The summed E-state index contributed by atoms with van der Waals surface area (Å²) in [6.45, 7) is 1.40. The molecule has 2 aromatic rings. The zero-order valence-corrected chi connectivity index (χ0v) is 16.2. The number of hydrogen-bond acceptors (Lipinski definition) is 7. The van der Waals surface area contributed by atoms with Crippen molar-refractivity contribution in [1.29, 1.82) is 0 Å². The van der Waals surface area contributed by atoms with E-state index < -0.39 is 0 Å². The number of pyridine rings is 1. The van der Waals surface area contributed by atoms with Gasteiger partial charge in [0.2, 0.25) is 5.89 Å². The van der Waals surface area contributed by atoms with Crippen molar-refractivity contribution in [1.82, 2.24) is 24.9 Å². The van der Waals surface area contributed by atoms with Crippen molar-refractivity contribution in [3.05, 3.63) is 42.3 Å². The number of hydrogen-bond donors (Lipinski definition) is 0. The highest BCUT2D eigenvalue weighted by atomic mass is 16.6. The maximum atomic E-state index is 12.4. The smallest absolute Gasteiger partial charge is 0.410 e. The first-order valence-corrected chi connectivity index (χ1v) is 10.1. The average molecular weight is 385 g/mol. The molecule has 1 saturated carbocycles. The van der Waals surface area contributed by atoms with E-state index in [1.54, 1.807) is 12.4 Å². The Morgan fingerprint density at radius 3 is 2.57 bits per heavy atom. The number of ether oxygens (including phenoxy) is 1. The number of aromatic nitrogens is 3. The number of nitrogens with zero attached hydrogens (tertiary/aromatic N) is 5. The first kappa shape index (κ1) is 18.9. The van der Waals surface area contributed by atoms with Gasteiger partial charge in [-0.1, -0.05) is 5.16 Å². The van der Waals surface area contributed by atoms with Crippen LogP contribution in [0.25, 0.3) is 0 Å². The molecule has 28 heavy (non-hydrogen) atoms. The Morgan fingerprint density at radius 1 is 1.21 bits per heavy atom. The van der Waals surface area contributed by atoms with Crippen molar-refractivity contribution in [2.24, 2.45) is 0 Å². The van der Waals surface area contributed by atoms with Crippen molar-refractivity contribution in [2.75, 3.05) is 20.1 Å². The van der Waals surface area contributed by atoms with Crippen LogP contribution in [0.15, 0.2) is 35.4 Å². The van der Waals surface area contributed by atoms with Crippen LogP contribution in [-0.2, 0) is 4.74 Å². The number of carbonyl (C=O) groups excluding carboxylic acids is 1. The van der Waals surface area contributed by atoms with E-state index in [0.717, 1.165) is 44.1 Å². The Bertz CT molecular complexity index is 740. The van der Waals surface area contributed by atoms with Crippen molar-refractivity contribution < 1.29 is 14.1 Å². The second-order valence-electron chi connectivity index (χ2n) is 7.64. The summed E-state index contributed by atoms with van der Waals surface area (Å²) < 4.78 is 11.0. The lowest BCUT2D eigenvalue weighted by atomic mass is 9.99. The van der Waals surface area contributed by atoms with Crippen LogP contribution >= 0.6 is 0 Å². The number of likely N-dealkylation sites (tertiary alicyclic amines) is 1. The summed E-state index contributed by atoms with van der Waals surface area (Å²) in [5, 5.41) is 3.78. The molecule has 150 valence electrons.